The standard InChI is InChI=1S/C12H25N3/c1-15-6-5-10(9-15)8-14-12-4-2-3-11(12)7-13/h10-12,14H,2-9,13H2,1H3. The largest absolute Gasteiger partial charge is 0.330 e. The summed E-state index contributed by atoms with van der Waals surface area (Å²) in [6.45, 7) is 4.61. The van der Waals surface area contributed by atoms with Crippen molar-refractivity contribution in [3.63, 3.8) is 0 Å². The number of hydrogen-bond acceptors (Lipinski definition) is 3. The molecule has 2 aliphatic rings. The SMILES string of the molecule is CN1CCC(CNC2CCCC2CN)C1. The van der Waals surface area contributed by atoms with Gasteiger partial charge in [0.05, 0.1) is 0 Å². The number of hydrogen-bond donors (Lipinski definition) is 2. The smallest absolute Gasteiger partial charge is 0.0107 e. The van der Waals surface area contributed by atoms with Crippen molar-refractivity contribution in [2.75, 3.05) is 33.2 Å². The molecule has 1 saturated carbocycles. The van der Waals surface area contributed by atoms with Gasteiger partial charge in [0.15, 0.2) is 0 Å². The average Bonchev–Trinajstić information content (AvgIpc) is 2.83. The molecule has 0 amide bonds. The molecule has 1 aliphatic carbocycles. The van der Waals surface area contributed by atoms with E-state index < -0.39 is 0 Å². The third kappa shape index (κ3) is 2.92. The highest BCUT2D eigenvalue weighted by molar-refractivity contribution is 4.85. The maximum Gasteiger partial charge on any atom is 0.0107 e. The first-order chi connectivity index (χ1) is 7.29. The predicted octanol–water partition coefficient (Wildman–Crippen LogP) is 0.655. The van der Waals surface area contributed by atoms with Crippen LogP contribution in [0.5, 0.6) is 0 Å². The molecule has 3 N–H and O–H groups in total. The van der Waals surface area contributed by atoms with Crippen molar-refractivity contribution < 1.29 is 0 Å². The molecule has 0 radical (unpaired) electrons. The Bertz CT molecular complexity index is 195. The molecule has 3 nitrogen and oxygen atoms in total. The van der Waals surface area contributed by atoms with E-state index in [-0.39, 0.29) is 0 Å². The lowest BCUT2D eigenvalue weighted by atomic mass is 10.0. The van der Waals surface area contributed by atoms with Crippen LogP contribution in [0.25, 0.3) is 0 Å². The summed E-state index contributed by atoms with van der Waals surface area (Å²) in [7, 11) is 2.22. The van der Waals surface area contributed by atoms with Crippen molar-refractivity contribution >= 4 is 0 Å². The van der Waals surface area contributed by atoms with Crippen LogP contribution in [-0.4, -0.2) is 44.2 Å². The first-order valence-corrected chi connectivity index (χ1v) is 6.41. The lowest BCUT2D eigenvalue weighted by molar-refractivity contribution is 0.354. The van der Waals surface area contributed by atoms with Gasteiger partial charge in [-0.05, 0) is 57.8 Å². The molecular weight excluding hydrogens is 186 g/mol. The summed E-state index contributed by atoms with van der Waals surface area (Å²) in [6, 6.07) is 0.709. The van der Waals surface area contributed by atoms with E-state index in [9.17, 15) is 0 Å². The highest BCUT2D eigenvalue weighted by atomic mass is 15.1. The van der Waals surface area contributed by atoms with Crippen molar-refractivity contribution in [3.05, 3.63) is 0 Å². The van der Waals surface area contributed by atoms with E-state index in [4.69, 9.17) is 5.73 Å². The summed E-state index contributed by atoms with van der Waals surface area (Å²) in [6.07, 6.45) is 5.40. The molecular formula is C12H25N3. The van der Waals surface area contributed by atoms with Gasteiger partial charge in [0, 0.05) is 12.6 Å². The molecule has 0 bridgehead atoms. The van der Waals surface area contributed by atoms with E-state index in [1.54, 1.807) is 0 Å². The highest BCUT2D eigenvalue weighted by Gasteiger charge is 2.27. The van der Waals surface area contributed by atoms with Gasteiger partial charge in [0.25, 0.3) is 0 Å². The topological polar surface area (TPSA) is 41.3 Å². The van der Waals surface area contributed by atoms with Gasteiger partial charge in [-0.3, -0.25) is 0 Å². The van der Waals surface area contributed by atoms with Crippen molar-refractivity contribution in [2.24, 2.45) is 17.6 Å². The summed E-state index contributed by atoms with van der Waals surface area (Å²) in [5.74, 6) is 1.61. The molecule has 1 aliphatic heterocycles. The zero-order valence-electron chi connectivity index (χ0n) is 9.91. The third-order valence-electron chi connectivity index (χ3n) is 4.12. The summed E-state index contributed by atoms with van der Waals surface area (Å²) < 4.78 is 0. The molecule has 88 valence electrons. The van der Waals surface area contributed by atoms with Crippen LogP contribution in [-0.2, 0) is 0 Å². The van der Waals surface area contributed by atoms with Crippen LogP contribution >= 0.6 is 0 Å². The molecule has 3 atom stereocenters. The van der Waals surface area contributed by atoms with Crippen LogP contribution in [0.4, 0.5) is 0 Å². The highest BCUT2D eigenvalue weighted by Crippen LogP contribution is 2.25. The van der Waals surface area contributed by atoms with Crippen LogP contribution in [0.15, 0.2) is 0 Å². The Hall–Kier alpha value is -0.120. The zero-order chi connectivity index (χ0) is 10.7. The Morgan fingerprint density at radius 3 is 2.87 bits per heavy atom. The molecule has 3 heteroatoms. The van der Waals surface area contributed by atoms with Crippen LogP contribution in [0, 0.1) is 11.8 Å². The Balaban J connectivity index is 1.68. The van der Waals surface area contributed by atoms with Crippen LogP contribution in [0.1, 0.15) is 25.7 Å². The maximum atomic E-state index is 5.78. The summed E-state index contributed by atoms with van der Waals surface area (Å²) >= 11 is 0. The Morgan fingerprint density at radius 1 is 1.33 bits per heavy atom. The average molecular weight is 211 g/mol. The lowest BCUT2D eigenvalue weighted by Crippen LogP contribution is -2.39. The van der Waals surface area contributed by atoms with E-state index >= 15 is 0 Å². The molecule has 0 aromatic rings. The number of nitrogens with zero attached hydrogens (tertiary/aromatic N) is 1. The Kier molecular flexibility index (Phi) is 4.00. The summed E-state index contributed by atoms with van der Waals surface area (Å²) in [5, 5.41) is 3.74. The molecule has 1 saturated heterocycles. The number of rotatable bonds is 4. The number of likely N-dealkylation sites (tertiary alicyclic amines) is 1. The van der Waals surface area contributed by atoms with E-state index in [0.717, 1.165) is 18.4 Å². The number of nitrogens with two attached hydrogens (primary N) is 1. The molecule has 1 heterocycles. The normalized spacial score (nSPS) is 37.6. The monoisotopic (exact) mass is 211 g/mol. The van der Waals surface area contributed by atoms with E-state index in [2.05, 4.69) is 17.3 Å². The fraction of sp³-hybridized carbons (Fsp3) is 1.00. The van der Waals surface area contributed by atoms with Crippen LogP contribution in [0.2, 0.25) is 0 Å². The lowest BCUT2D eigenvalue weighted by Gasteiger charge is -2.21. The van der Waals surface area contributed by atoms with Gasteiger partial charge in [0.2, 0.25) is 0 Å². The quantitative estimate of drug-likeness (QED) is 0.717. The van der Waals surface area contributed by atoms with Gasteiger partial charge < -0.3 is 16.0 Å². The molecule has 0 spiro atoms. The van der Waals surface area contributed by atoms with Crippen LogP contribution in [0.3, 0.4) is 0 Å². The molecule has 3 unspecified atom stereocenters. The maximum absolute atomic E-state index is 5.78. The van der Waals surface area contributed by atoms with Gasteiger partial charge in [-0.25, -0.2) is 0 Å². The first-order valence-electron chi connectivity index (χ1n) is 6.41. The van der Waals surface area contributed by atoms with Gasteiger partial charge in [-0.2, -0.15) is 0 Å². The van der Waals surface area contributed by atoms with E-state index in [1.807, 2.05) is 0 Å². The second-order valence-corrected chi connectivity index (χ2v) is 5.36. The zero-order valence-corrected chi connectivity index (χ0v) is 9.91. The van der Waals surface area contributed by atoms with E-state index in [0.29, 0.717) is 6.04 Å². The summed E-state index contributed by atoms with van der Waals surface area (Å²) in [5.41, 5.74) is 5.78. The van der Waals surface area contributed by atoms with Gasteiger partial charge in [-0.15, -0.1) is 0 Å². The predicted molar refractivity (Wildman–Crippen MR) is 63.8 cm³/mol. The van der Waals surface area contributed by atoms with Crippen molar-refractivity contribution in [2.45, 2.75) is 31.7 Å². The first kappa shape index (κ1) is 11.4. The molecule has 0 aromatic carbocycles. The minimum absolute atomic E-state index is 0.709. The third-order valence-corrected chi connectivity index (χ3v) is 4.12. The Morgan fingerprint density at radius 2 is 2.20 bits per heavy atom. The summed E-state index contributed by atoms with van der Waals surface area (Å²) in [4.78, 5) is 2.43. The van der Waals surface area contributed by atoms with Crippen molar-refractivity contribution in [1.29, 1.82) is 0 Å². The second kappa shape index (κ2) is 5.28. The number of nitrogens with one attached hydrogen (secondary N) is 1. The van der Waals surface area contributed by atoms with Crippen molar-refractivity contribution in [1.82, 2.24) is 10.2 Å². The Labute approximate surface area is 93.4 Å². The second-order valence-electron chi connectivity index (χ2n) is 5.36. The van der Waals surface area contributed by atoms with Crippen molar-refractivity contribution in [3.8, 4) is 0 Å². The van der Waals surface area contributed by atoms with Gasteiger partial charge in [-0.1, -0.05) is 6.42 Å². The minimum Gasteiger partial charge on any atom is -0.330 e. The van der Waals surface area contributed by atoms with Crippen LogP contribution < -0.4 is 11.1 Å². The minimum atomic E-state index is 0.709. The molecule has 15 heavy (non-hydrogen) atoms. The molecule has 2 rings (SSSR count). The fourth-order valence-electron chi connectivity index (χ4n) is 3.10. The molecule has 2 fully saturated rings. The van der Waals surface area contributed by atoms with Gasteiger partial charge in [0.1, 0.15) is 0 Å². The van der Waals surface area contributed by atoms with Gasteiger partial charge >= 0.3 is 0 Å². The fourth-order valence-corrected chi connectivity index (χ4v) is 3.10. The molecule has 0 aromatic heterocycles. The van der Waals surface area contributed by atoms with E-state index in [1.165, 1.54) is 45.3 Å².